The van der Waals surface area contributed by atoms with Crippen molar-refractivity contribution in [1.29, 1.82) is 0 Å². The zero-order chi connectivity index (χ0) is 17.8. The number of phenolic OH excluding ortho intramolecular Hbond substituents is 1. The van der Waals surface area contributed by atoms with Gasteiger partial charge in [0, 0.05) is 6.42 Å². The zero-order valence-electron chi connectivity index (χ0n) is 15.5. The van der Waals surface area contributed by atoms with Crippen molar-refractivity contribution < 1.29 is 15.6 Å². The van der Waals surface area contributed by atoms with Crippen LogP contribution in [0.4, 0.5) is 0 Å². The van der Waals surface area contributed by atoms with Crippen molar-refractivity contribution in [2.24, 2.45) is 0 Å². The number of hydrogen-bond acceptors (Lipinski definition) is 2. The molecule has 130 valence electrons. The topological polar surface area (TPSA) is 77.0 Å². The van der Waals surface area contributed by atoms with Crippen molar-refractivity contribution in [2.45, 2.75) is 65.2 Å². The Morgan fingerprint density at radius 2 is 1.57 bits per heavy atom. The molecule has 0 spiro atoms. The quantitative estimate of drug-likeness (QED) is 0.778. The average molecular weight is 321 g/mol. The second kappa shape index (κ2) is 7.35. The summed E-state index contributed by atoms with van der Waals surface area (Å²) in [5.41, 5.74) is 6.42. The molecule has 23 heavy (non-hydrogen) atoms. The summed E-state index contributed by atoms with van der Waals surface area (Å²) in [6, 6.07) is 4.08. The molecule has 1 aromatic rings. The van der Waals surface area contributed by atoms with Crippen LogP contribution in [0.25, 0.3) is 0 Å². The van der Waals surface area contributed by atoms with Crippen LogP contribution < -0.4 is 11.1 Å². The number of aryl methyl sites for hydroxylation is 1. The number of carbonyl (C=O) groups is 1. The van der Waals surface area contributed by atoms with Gasteiger partial charge in [-0.1, -0.05) is 53.7 Å². The number of phenols is 1. The molecule has 0 fully saturated rings. The molecule has 1 rings (SSSR count). The summed E-state index contributed by atoms with van der Waals surface area (Å²) in [6.45, 7) is 13.9. The van der Waals surface area contributed by atoms with Gasteiger partial charge in [-0.15, -0.1) is 0 Å². The van der Waals surface area contributed by atoms with Crippen LogP contribution in [0.1, 0.15) is 64.7 Å². The molecule has 0 unspecified atom stereocenters. The minimum atomic E-state index is -0.143. The zero-order valence-corrected chi connectivity index (χ0v) is 15.5. The van der Waals surface area contributed by atoms with Crippen LogP contribution in [-0.2, 0) is 22.0 Å². The van der Waals surface area contributed by atoms with Crippen LogP contribution in [0.5, 0.6) is 5.75 Å². The summed E-state index contributed by atoms with van der Waals surface area (Å²) in [5, 5.41) is 13.5. The summed E-state index contributed by atoms with van der Waals surface area (Å²) in [7, 11) is 0. The lowest BCUT2D eigenvalue weighted by Gasteiger charge is -2.28. The fourth-order valence-corrected chi connectivity index (χ4v) is 2.56. The Morgan fingerprint density at radius 1 is 1.09 bits per heavy atom. The van der Waals surface area contributed by atoms with E-state index in [0.29, 0.717) is 31.7 Å². The average Bonchev–Trinajstić information content (AvgIpc) is 2.41. The van der Waals surface area contributed by atoms with E-state index in [1.807, 2.05) is 12.1 Å². The van der Waals surface area contributed by atoms with Gasteiger partial charge < -0.3 is 16.2 Å². The van der Waals surface area contributed by atoms with Crippen LogP contribution >= 0.6 is 0 Å². The van der Waals surface area contributed by atoms with Gasteiger partial charge in [0.1, 0.15) is 5.75 Å². The number of hydrogen-bond donors (Lipinski definition) is 3. The molecule has 0 saturated carbocycles. The van der Waals surface area contributed by atoms with Gasteiger partial charge in [-0.05, 0) is 33.9 Å². The molecule has 0 atom stereocenters. The largest absolute Gasteiger partial charge is 0.507 e. The first-order valence-electron chi connectivity index (χ1n) is 8.39. The minimum absolute atomic E-state index is 0.0522. The highest BCUT2D eigenvalue weighted by atomic mass is 16.3. The Bertz CT molecular complexity index is 516. The Morgan fingerprint density at radius 3 is 1.96 bits per heavy atom. The number of nitrogens with one attached hydrogen (secondary N) is 1. The lowest BCUT2D eigenvalue weighted by Crippen LogP contribution is -2.54. The summed E-state index contributed by atoms with van der Waals surface area (Å²) in [6.07, 6.45) is 1.13. The normalized spacial score (nSPS) is 12.3. The smallest absolute Gasteiger partial charge is 0.220 e. The van der Waals surface area contributed by atoms with E-state index in [4.69, 9.17) is 0 Å². The van der Waals surface area contributed by atoms with Crippen molar-refractivity contribution in [3.05, 3.63) is 28.8 Å². The molecule has 1 amide bonds. The first kappa shape index (κ1) is 19.5. The molecular formula is C19H33N2O2+. The molecule has 4 heteroatoms. The van der Waals surface area contributed by atoms with Gasteiger partial charge in [0.15, 0.2) is 0 Å². The molecular weight excluding hydrogens is 288 g/mol. The maximum Gasteiger partial charge on any atom is 0.220 e. The molecule has 0 bridgehead atoms. The molecule has 1 aromatic carbocycles. The van der Waals surface area contributed by atoms with E-state index >= 15 is 0 Å². The number of carbonyl (C=O) groups excluding carboxylic acids is 1. The van der Waals surface area contributed by atoms with Crippen LogP contribution in [0.15, 0.2) is 12.1 Å². The number of quaternary nitrogens is 1. The van der Waals surface area contributed by atoms with Crippen LogP contribution in [0.2, 0.25) is 0 Å². The second-order valence-electron chi connectivity index (χ2n) is 8.24. The van der Waals surface area contributed by atoms with E-state index in [0.717, 1.165) is 16.7 Å². The lowest BCUT2D eigenvalue weighted by atomic mass is 9.78. The molecule has 0 aliphatic rings. The summed E-state index contributed by atoms with van der Waals surface area (Å²) < 4.78 is 0. The lowest BCUT2D eigenvalue weighted by molar-refractivity contribution is -0.364. The molecule has 0 aliphatic carbocycles. The van der Waals surface area contributed by atoms with Crippen LogP contribution in [-0.4, -0.2) is 24.1 Å². The van der Waals surface area contributed by atoms with Crippen molar-refractivity contribution >= 4 is 5.91 Å². The summed E-state index contributed by atoms with van der Waals surface area (Å²) in [5.74, 6) is 0.437. The molecule has 4 nitrogen and oxygen atoms in total. The SMILES string of the molecule is CC(C)(C)c1cc(CCC(=O)NCC[NH3+])cc(C(C)(C)C)c1O. The summed E-state index contributed by atoms with van der Waals surface area (Å²) >= 11 is 0. The molecule has 0 radical (unpaired) electrons. The highest BCUT2D eigenvalue weighted by molar-refractivity contribution is 5.76. The van der Waals surface area contributed by atoms with E-state index in [1.165, 1.54) is 0 Å². The van der Waals surface area contributed by atoms with Crippen molar-refractivity contribution in [1.82, 2.24) is 5.32 Å². The van der Waals surface area contributed by atoms with Gasteiger partial charge in [-0.3, -0.25) is 4.79 Å². The molecule has 0 aromatic heterocycles. The standard InChI is InChI=1S/C19H32N2O2/c1-18(2,3)14-11-13(7-8-16(22)21-10-9-20)12-15(17(14)23)19(4,5)6/h11-12,23H,7-10,20H2,1-6H3,(H,21,22)/p+1. The maximum absolute atomic E-state index is 11.8. The third kappa shape index (κ3) is 5.54. The van der Waals surface area contributed by atoms with E-state index in [9.17, 15) is 9.90 Å². The molecule has 0 aliphatic heterocycles. The van der Waals surface area contributed by atoms with Gasteiger partial charge in [-0.2, -0.15) is 0 Å². The van der Waals surface area contributed by atoms with Gasteiger partial charge in [0.05, 0.1) is 13.1 Å². The Balaban J connectivity index is 3.11. The van der Waals surface area contributed by atoms with E-state index in [1.54, 1.807) is 0 Å². The molecule has 5 N–H and O–H groups in total. The fraction of sp³-hybridized carbons (Fsp3) is 0.632. The first-order valence-corrected chi connectivity index (χ1v) is 8.39. The number of benzene rings is 1. The van der Waals surface area contributed by atoms with Crippen LogP contribution in [0, 0.1) is 0 Å². The van der Waals surface area contributed by atoms with Crippen molar-refractivity contribution in [3.63, 3.8) is 0 Å². The Labute approximate surface area is 140 Å². The predicted octanol–water partition coefficient (Wildman–Crippen LogP) is 2.28. The number of aromatic hydroxyl groups is 1. The van der Waals surface area contributed by atoms with E-state index < -0.39 is 0 Å². The van der Waals surface area contributed by atoms with Crippen molar-refractivity contribution in [3.8, 4) is 5.75 Å². The second-order valence-corrected chi connectivity index (χ2v) is 8.24. The molecule has 0 saturated heterocycles. The van der Waals surface area contributed by atoms with Gasteiger partial charge >= 0.3 is 0 Å². The summed E-state index contributed by atoms with van der Waals surface area (Å²) in [4.78, 5) is 11.8. The van der Waals surface area contributed by atoms with E-state index in [2.05, 4.69) is 52.6 Å². The van der Waals surface area contributed by atoms with Gasteiger partial charge in [-0.25, -0.2) is 0 Å². The maximum atomic E-state index is 11.8. The number of amides is 1. The Hall–Kier alpha value is -1.55. The first-order chi connectivity index (χ1) is 10.5. The Kier molecular flexibility index (Phi) is 6.23. The number of rotatable bonds is 5. The highest BCUT2D eigenvalue weighted by Gasteiger charge is 2.26. The van der Waals surface area contributed by atoms with Crippen molar-refractivity contribution in [2.75, 3.05) is 13.1 Å². The monoisotopic (exact) mass is 321 g/mol. The molecule has 0 heterocycles. The van der Waals surface area contributed by atoms with E-state index in [-0.39, 0.29) is 16.7 Å². The third-order valence-electron chi connectivity index (χ3n) is 3.93. The van der Waals surface area contributed by atoms with Gasteiger partial charge in [0.25, 0.3) is 0 Å². The van der Waals surface area contributed by atoms with Gasteiger partial charge in [0.2, 0.25) is 5.91 Å². The third-order valence-corrected chi connectivity index (χ3v) is 3.93. The minimum Gasteiger partial charge on any atom is -0.507 e. The van der Waals surface area contributed by atoms with Crippen LogP contribution in [0.3, 0.4) is 0 Å². The fourth-order valence-electron chi connectivity index (χ4n) is 2.56. The highest BCUT2D eigenvalue weighted by Crippen LogP contribution is 2.39. The predicted molar refractivity (Wildman–Crippen MR) is 94.6 cm³/mol.